The van der Waals surface area contributed by atoms with Gasteiger partial charge in [0.2, 0.25) is 17.7 Å². The molecule has 5 atom stereocenters. The molecule has 0 unspecified atom stereocenters. The van der Waals surface area contributed by atoms with Crippen LogP contribution in [0.1, 0.15) is 19.4 Å². The molecule has 0 spiro atoms. The van der Waals surface area contributed by atoms with Gasteiger partial charge in [0.05, 0.1) is 19.3 Å². The van der Waals surface area contributed by atoms with E-state index in [2.05, 4.69) is 0 Å². The maximum Gasteiger partial charge on any atom is 0.433 e. The van der Waals surface area contributed by atoms with Crippen molar-refractivity contribution in [2.24, 2.45) is 5.73 Å². The van der Waals surface area contributed by atoms with Crippen molar-refractivity contribution in [1.82, 2.24) is 20.0 Å². The van der Waals surface area contributed by atoms with Gasteiger partial charge in [-0.15, -0.1) is 0 Å². The third-order valence-corrected chi connectivity index (χ3v) is 7.74. The topological polar surface area (TPSA) is 338 Å². The van der Waals surface area contributed by atoms with E-state index in [1.54, 1.807) is 0 Å². The van der Waals surface area contributed by atoms with Crippen LogP contribution in [0.2, 0.25) is 0 Å². The minimum atomic E-state index is -6.01. The molecule has 20 nitrogen and oxygen atoms in total. The fourth-order valence-electron chi connectivity index (χ4n) is 3.53. The smallest absolute Gasteiger partial charge is 0.433 e. The summed E-state index contributed by atoms with van der Waals surface area (Å²) in [6.07, 6.45) is -0.816. The Morgan fingerprint density at radius 2 is 1.30 bits per heavy atom. The van der Waals surface area contributed by atoms with Crippen LogP contribution >= 0.6 is 15.5 Å². The summed E-state index contributed by atoms with van der Waals surface area (Å²) in [5.41, 5.74) is 5.41. The highest BCUT2D eigenvalue weighted by molar-refractivity contribution is 7.50. The third kappa shape index (κ3) is 10.3. The lowest BCUT2D eigenvalue weighted by molar-refractivity contribution is -0.145. The summed E-state index contributed by atoms with van der Waals surface area (Å²) < 4.78 is 23.8. The summed E-state index contributed by atoms with van der Waals surface area (Å²) in [4.78, 5) is 103. The number of nitrogens with one attached hydrogen (secondary N) is 2. The van der Waals surface area contributed by atoms with Crippen molar-refractivity contribution in [3.8, 4) is 5.75 Å². The van der Waals surface area contributed by atoms with Crippen molar-refractivity contribution in [2.75, 3.05) is 13.2 Å². The van der Waals surface area contributed by atoms with E-state index < -0.39 is 104 Å². The van der Waals surface area contributed by atoms with Gasteiger partial charge in [-0.1, -0.05) is 12.1 Å². The molecule has 0 aliphatic heterocycles. The molecule has 0 saturated heterocycles. The van der Waals surface area contributed by atoms with Gasteiger partial charge in [-0.25, -0.2) is 18.5 Å². The van der Waals surface area contributed by atoms with Crippen molar-refractivity contribution in [3.05, 3.63) is 29.8 Å². The lowest BCUT2D eigenvalue weighted by atomic mass is 10.0. The second kappa shape index (κ2) is 15.3. The largest absolute Gasteiger partial charge is 0.508 e. The SMILES string of the molecule is C[C@H](N)C(=O)N([C@@H](CO)C(=O)N([C@@H](Cc1ccc(O)cc1)C(=O)N[C@@H](CO)C(=O)N[C@@H](C)C(=O)O)P(=O)(O)O)P(=O)(O)O. The highest BCUT2D eigenvalue weighted by Gasteiger charge is 2.50. The van der Waals surface area contributed by atoms with Crippen molar-refractivity contribution >= 4 is 45.1 Å². The molecule has 22 heteroatoms. The minimum absolute atomic E-state index is 0.0211. The maximum absolute atomic E-state index is 13.5. The predicted octanol–water partition coefficient (Wildman–Crippen LogP) is -4.08. The quantitative estimate of drug-likeness (QED) is 0.0799. The van der Waals surface area contributed by atoms with Gasteiger partial charge in [0.25, 0.3) is 5.91 Å². The third-order valence-electron chi connectivity index (χ3n) is 5.66. The lowest BCUT2D eigenvalue weighted by Gasteiger charge is -2.37. The van der Waals surface area contributed by atoms with E-state index >= 15 is 0 Å². The van der Waals surface area contributed by atoms with Gasteiger partial charge in [0, 0.05) is 6.42 Å². The number of phenolic OH excluding ortho intramolecular Hbond substituents is 1. The second-order valence-electron chi connectivity index (χ2n) is 9.08. The molecular weight excluding hydrogens is 624 g/mol. The lowest BCUT2D eigenvalue weighted by Crippen LogP contribution is -2.60. The first-order valence-electron chi connectivity index (χ1n) is 12.0. The van der Waals surface area contributed by atoms with Gasteiger partial charge in [-0.05, 0) is 31.5 Å². The number of phenols is 1. The minimum Gasteiger partial charge on any atom is -0.508 e. The predicted molar refractivity (Wildman–Crippen MR) is 142 cm³/mol. The van der Waals surface area contributed by atoms with Gasteiger partial charge < -0.3 is 56.4 Å². The molecule has 12 N–H and O–H groups in total. The highest BCUT2D eigenvalue weighted by atomic mass is 31.2. The second-order valence-corrected chi connectivity index (χ2v) is 12.0. The first kappa shape index (κ1) is 37.6. The van der Waals surface area contributed by atoms with Crippen LogP contribution in [0.4, 0.5) is 0 Å². The number of nitrogens with zero attached hydrogens (tertiary/aromatic N) is 2. The Kier molecular flexibility index (Phi) is 13.4. The number of rotatable bonds is 15. The molecule has 0 saturated carbocycles. The molecule has 0 bridgehead atoms. The van der Waals surface area contributed by atoms with E-state index in [9.17, 15) is 68.0 Å². The Bertz CT molecular complexity index is 1280. The number of hydrogen-bond acceptors (Lipinski definition) is 11. The Balaban J connectivity index is 3.74. The number of carboxylic acids is 1. The van der Waals surface area contributed by atoms with Gasteiger partial charge in [-0.2, -0.15) is 0 Å². The van der Waals surface area contributed by atoms with Crippen LogP contribution < -0.4 is 16.4 Å². The number of aliphatic hydroxyl groups excluding tert-OH is 2. The molecule has 1 aromatic carbocycles. The number of carboxylic acid groups (broad SMARTS) is 1. The van der Waals surface area contributed by atoms with Crippen molar-refractivity contribution in [2.45, 2.75) is 50.5 Å². The zero-order chi connectivity index (χ0) is 33.4. The Morgan fingerprint density at radius 3 is 1.70 bits per heavy atom. The van der Waals surface area contributed by atoms with Crippen molar-refractivity contribution < 1.29 is 73.1 Å². The number of aromatic hydroxyl groups is 1. The average molecular weight is 657 g/mol. The van der Waals surface area contributed by atoms with Crippen LogP contribution in [0.5, 0.6) is 5.75 Å². The molecule has 0 radical (unpaired) electrons. The molecule has 43 heavy (non-hydrogen) atoms. The number of nitrogens with two attached hydrogens (primary N) is 1. The number of amides is 4. The van der Waals surface area contributed by atoms with Crippen LogP contribution in [0.15, 0.2) is 24.3 Å². The molecule has 0 aliphatic rings. The maximum atomic E-state index is 13.5. The zero-order valence-corrected chi connectivity index (χ0v) is 24.4. The molecule has 4 amide bonds. The molecular formula is C21H33N5O15P2. The normalized spacial score (nSPS) is 15.3. The summed E-state index contributed by atoms with van der Waals surface area (Å²) >= 11 is 0. The van der Waals surface area contributed by atoms with E-state index in [-0.39, 0.29) is 11.3 Å². The van der Waals surface area contributed by atoms with Crippen molar-refractivity contribution in [3.63, 3.8) is 0 Å². The van der Waals surface area contributed by atoms with Crippen LogP contribution in [0, 0.1) is 0 Å². The number of carbonyl (C=O) groups excluding carboxylic acids is 4. The standard InChI is InChI=1S/C21H33N5O15P2/c1-10(22)19(32)26(43(39,40)41)16(9-28)20(33)25(42(36,37)38)15(7-12-3-5-13(29)6-4-12)18(31)24-14(8-27)17(30)23-11(2)21(34)35/h3-6,10-11,14-16,27-29H,7-9,22H2,1-2H3,(H,23,30)(H,24,31)(H,34,35)(H2,36,37,38)(H2,39,40,41)/t10-,11-,14-,15-,16-/m0/s1. The molecule has 0 fully saturated rings. The fourth-order valence-corrected chi connectivity index (χ4v) is 5.45. The van der Waals surface area contributed by atoms with Crippen LogP contribution in [-0.4, -0.2) is 122 Å². The van der Waals surface area contributed by atoms with E-state index in [4.69, 9.17) is 10.8 Å². The van der Waals surface area contributed by atoms with Gasteiger partial charge in [-0.3, -0.25) is 24.0 Å². The first-order chi connectivity index (χ1) is 19.7. The molecule has 0 aromatic heterocycles. The first-order valence-corrected chi connectivity index (χ1v) is 15.2. The van der Waals surface area contributed by atoms with Crippen LogP contribution in [0.3, 0.4) is 0 Å². The zero-order valence-electron chi connectivity index (χ0n) is 22.6. The summed E-state index contributed by atoms with van der Waals surface area (Å²) in [5.74, 6) is -8.23. The average Bonchev–Trinajstić information content (AvgIpc) is 2.88. The molecule has 242 valence electrons. The Morgan fingerprint density at radius 1 is 0.814 bits per heavy atom. The molecule has 0 aliphatic carbocycles. The van der Waals surface area contributed by atoms with Gasteiger partial charge >= 0.3 is 21.5 Å². The van der Waals surface area contributed by atoms with E-state index in [1.165, 1.54) is 0 Å². The summed E-state index contributed by atoms with van der Waals surface area (Å²) in [6.45, 7) is -0.796. The highest BCUT2D eigenvalue weighted by Crippen LogP contribution is 2.47. The number of aliphatic carboxylic acids is 1. The summed E-state index contributed by atoms with van der Waals surface area (Å²) in [6, 6.07) is -5.70. The fraction of sp³-hybridized carbons (Fsp3) is 0.476. The van der Waals surface area contributed by atoms with Crippen molar-refractivity contribution in [1.29, 1.82) is 0 Å². The van der Waals surface area contributed by atoms with Crippen LogP contribution in [-0.2, 0) is 39.5 Å². The number of hydrogen-bond donors (Lipinski definition) is 11. The molecule has 1 rings (SSSR count). The van der Waals surface area contributed by atoms with E-state index in [0.29, 0.717) is 0 Å². The Labute approximate surface area is 243 Å². The van der Waals surface area contributed by atoms with Gasteiger partial charge in [0.15, 0.2) is 0 Å². The number of benzene rings is 1. The molecule has 1 aromatic rings. The molecule has 0 heterocycles. The van der Waals surface area contributed by atoms with Crippen LogP contribution in [0.25, 0.3) is 0 Å². The number of aliphatic hydroxyl groups is 2. The van der Waals surface area contributed by atoms with Gasteiger partial charge in [0.1, 0.15) is 29.9 Å². The monoisotopic (exact) mass is 657 g/mol. The van der Waals surface area contributed by atoms with E-state index in [1.807, 2.05) is 10.6 Å². The number of carbonyl (C=O) groups is 5. The Hall–Kier alpha value is -3.45. The van der Waals surface area contributed by atoms with E-state index in [0.717, 1.165) is 38.1 Å². The summed E-state index contributed by atoms with van der Waals surface area (Å²) in [7, 11) is -11.8. The summed E-state index contributed by atoms with van der Waals surface area (Å²) in [5, 5.41) is 41.9.